The number of nitrogens with zero attached hydrogens (tertiary/aromatic N) is 4. The Morgan fingerprint density at radius 2 is 2.36 bits per heavy atom. The minimum atomic E-state index is -0.137. The molecular weight excluding hydrogens is 286 g/mol. The van der Waals surface area contributed by atoms with Crippen molar-refractivity contribution in [3.8, 4) is 0 Å². The van der Waals surface area contributed by atoms with Gasteiger partial charge in [-0.05, 0) is 20.3 Å². The Morgan fingerprint density at radius 1 is 1.50 bits per heavy atom. The molecule has 1 aliphatic rings. The summed E-state index contributed by atoms with van der Waals surface area (Å²) >= 11 is 0. The van der Waals surface area contributed by atoms with Crippen LogP contribution in [0.4, 0.5) is 0 Å². The molecule has 8 nitrogen and oxygen atoms in total. The molecule has 0 fully saturated rings. The van der Waals surface area contributed by atoms with E-state index in [0.29, 0.717) is 11.7 Å². The number of fused-ring (bicyclic) bond motifs is 1. The predicted molar refractivity (Wildman–Crippen MR) is 75.9 cm³/mol. The number of aryl methyl sites for hydroxylation is 3. The van der Waals surface area contributed by atoms with E-state index in [2.05, 4.69) is 25.0 Å². The third kappa shape index (κ3) is 3.51. The summed E-state index contributed by atoms with van der Waals surface area (Å²) in [5.74, 6) is 1.88. The van der Waals surface area contributed by atoms with Crippen molar-refractivity contribution in [3.05, 3.63) is 29.4 Å². The Labute approximate surface area is 127 Å². The number of aromatic nitrogens is 4. The Balaban J connectivity index is 1.42. The van der Waals surface area contributed by atoms with Crippen molar-refractivity contribution in [3.63, 3.8) is 0 Å². The fourth-order valence-electron chi connectivity index (χ4n) is 2.60. The summed E-state index contributed by atoms with van der Waals surface area (Å²) in [5.41, 5.74) is 1.01. The first-order valence-electron chi connectivity index (χ1n) is 7.29. The predicted octanol–water partition coefficient (Wildman–Crippen LogP) is 0.531. The van der Waals surface area contributed by atoms with Crippen LogP contribution in [0.1, 0.15) is 29.7 Å². The third-order valence-electron chi connectivity index (χ3n) is 3.51. The Hall–Kier alpha value is -2.22. The van der Waals surface area contributed by atoms with E-state index in [4.69, 9.17) is 9.26 Å². The molecular formula is C14H19N5O3. The molecule has 3 rings (SSSR count). The topological polar surface area (TPSA) is 95.1 Å². The van der Waals surface area contributed by atoms with Crippen LogP contribution >= 0.6 is 0 Å². The van der Waals surface area contributed by atoms with Gasteiger partial charge in [-0.3, -0.25) is 4.79 Å². The summed E-state index contributed by atoms with van der Waals surface area (Å²) in [6.07, 6.45) is 3.79. The van der Waals surface area contributed by atoms with Crippen LogP contribution in [0, 0.1) is 13.8 Å². The van der Waals surface area contributed by atoms with E-state index in [0.717, 1.165) is 30.9 Å². The van der Waals surface area contributed by atoms with Gasteiger partial charge in [0.2, 0.25) is 5.91 Å². The van der Waals surface area contributed by atoms with Crippen molar-refractivity contribution in [2.45, 2.75) is 45.9 Å². The lowest BCUT2D eigenvalue weighted by atomic mass is 10.1. The van der Waals surface area contributed by atoms with E-state index in [1.807, 2.05) is 13.1 Å². The summed E-state index contributed by atoms with van der Waals surface area (Å²) in [6.45, 7) is 4.59. The molecule has 1 atom stereocenters. The Bertz CT molecular complexity index is 663. The summed E-state index contributed by atoms with van der Waals surface area (Å²) < 4.78 is 12.3. The summed E-state index contributed by atoms with van der Waals surface area (Å²) in [7, 11) is 0. The van der Waals surface area contributed by atoms with E-state index in [9.17, 15) is 4.79 Å². The molecule has 0 saturated heterocycles. The molecule has 1 N–H and O–H groups in total. The fourth-order valence-corrected chi connectivity index (χ4v) is 2.60. The molecule has 0 bridgehead atoms. The second-order valence-electron chi connectivity index (χ2n) is 5.48. The number of nitrogens with one attached hydrogen (secondary N) is 1. The van der Waals surface area contributed by atoms with E-state index < -0.39 is 0 Å². The van der Waals surface area contributed by atoms with Gasteiger partial charge in [-0.15, -0.1) is 0 Å². The number of rotatable bonds is 5. The standard InChI is InChI=1S/C14H19N5O3/c1-9-5-19-6-11(3-4-12(19)15-9)17-13(20)7-21-8-14-16-10(2)18-22-14/h5,11H,3-4,6-8H2,1-2H3,(H,17,20)/t11-/m1/s1. The fraction of sp³-hybridized carbons (Fsp3) is 0.571. The number of carbonyl (C=O) groups excluding carboxylic acids is 1. The van der Waals surface area contributed by atoms with Crippen LogP contribution in [0.5, 0.6) is 0 Å². The first kappa shape index (κ1) is 14.7. The number of hydrogen-bond donors (Lipinski definition) is 1. The van der Waals surface area contributed by atoms with Crippen LogP contribution in [0.15, 0.2) is 10.7 Å². The third-order valence-corrected chi connectivity index (χ3v) is 3.51. The largest absolute Gasteiger partial charge is 0.362 e. The highest BCUT2D eigenvalue weighted by Gasteiger charge is 2.21. The highest BCUT2D eigenvalue weighted by molar-refractivity contribution is 5.77. The van der Waals surface area contributed by atoms with E-state index >= 15 is 0 Å². The monoisotopic (exact) mass is 305 g/mol. The van der Waals surface area contributed by atoms with Crippen LogP contribution < -0.4 is 5.32 Å². The zero-order valence-electron chi connectivity index (χ0n) is 12.7. The molecule has 2 aromatic rings. The van der Waals surface area contributed by atoms with E-state index in [1.54, 1.807) is 6.92 Å². The molecule has 22 heavy (non-hydrogen) atoms. The average Bonchev–Trinajstić information content (AvgIpc) is 3.03. The molecule has 1 amide bonds. The van der Waals surface area contributed by atoms with Crippen LogP contribution in [-0.2, 0) is 29.1 Å². The molecule has 0 spiro atoms. The lowest BCUT2D eigenvalue weighted by Crippen LogP contribution is -2.42. The van der Waals surface area contributed by atoms with Gasteiger partial charge < -0.3 is 19.1 Å². The first-order chi connectivity index (χ1) is 10.6. The summed E-state index contributed by atoms with van der Waals surface area (Å²) in [5, 5.41) is 6.64. The van der Waals surface area contributed by atoms with Crippen molar-refractivity contribution in [2.75, 3.05) is 6.61 Å². The molecule has 0 radical (unpaired) electrons. The molecule has 3 heterocycles. The molecule has 2 aromatic heterocycles. The highest BCUT2D eigenvalue weighted by atomic mass is 16.5. The zero-order chi connectivity index (χ0) is 15.5. The van der Waals surface area contributed by atoms with E-state index in [-0.39, 0.29) is 25.2 Å². The molecule has 0 aromatic carbocycles. The van der Waals surface area contributed by atoms with Crippen molar-refractivity contribution in [1.82, 2.24) is 25.0 Å². The van der Waals surface area contributed by atoms with Gasteiger partial charge in [-0.25, -0.2) is 4.98 Å². The smallest absolute Gasteiger partial charge is 0.252 e. The second-order valence-corrected chi connectivity index (χ2v) is 5.48. The highest BCUT2D eigenvalue weighted by Crippen LogP contribution is 2.14. The maximum absolute atomic E-state index is 11.9. The maximum Gasteiger partial charge on any atom is 0.252 e. The van der Waals surface area contributed by atoms with Crippen LogP contribution in [0.2, 0.25) is 0 Å². The summed E-state index contributed by atoms with van der Waals surface area (Å²) in [6, 6.07) is 0.114. The second kappa shape index (κ2) is 6.27. The zero-order valence-corrected chi connectivity index (χ0v) is 12.7. The normalized spacial score (nSPS) is 17.3. The van der Waals surface area contributed by atoms with Gasteiger partial charge >= 0.3 is 0 Å². The lowest BCUT2D eigenvalue weighted by Gasteiger charge is -2.24. The van der Waals surface area contributed by atoms with Crippen LogP contribution in [0.25, 0.3) is 0 Å². The number of ether oxygens (including phenoxy) is 1. The van der Waals surface area contributed by atoms with Gasteiger partial charge in [0.1, 0.15) is 19.0 Å². The lowest BCUT2D eigenvalue weighted by molar-refractivity contribution is -0.127. The van der Waals surface area contributed by atoms with Crippen molar-refractivity contribution < 1.29 is 14.1 Å². The van der Waals surface area contributed by atoms with Crippen molar-refractivity contribution in [1.29, 1.82) is 0 Å². The molecule has 118 valence electrons. The maximum atomic E-state index is 11.9. The molecule has 1 aliphatic heterocycles. The average molecular weight is 305 g/mol. The molecule has 8 heteroatoms. The number of carbonyl (C=O) groups is 1. The summed E-state index contributed by atoms with van der Waals surface area (Å²) in [4.78, 5) is 20.4. The SMILES string of the molecule is Cc1cn2c(n1)CC[C@@H](NC(=O)COCc1nc(C)no1)C2. The number of amides is 1. The number of imidazole rings is 1. The minimum absolute atomic E-state index is 0.0201. The first-order valence-corrected chi connectivity index (χ1v) is 7.29. The van der Waals surface area contributed by atoms with Crippen molar-refractivity contribution in [2.24, 2.45) is 0 Å². The Kier molecular flexibility index (Phi) is 4.19. The van der Waals surface area contributed by atoms with Gasteiger partial charge in [-0.2, -0.15) is 4.98 Å². The molecule has 0 unspecified atom stereocenters. The van der Waals surface area contributed by atoms with Gasteiger partial charge in [0.15, 0.2) is 5.82 Å². The number of hydrogen-bond acceptors (Lipinski definition) is 6. The van der Waals surface area contributed by atoms with Gasteiger partial charge in [0.05, 0.1) is 5.69 Å². The van der Waals surface area contributed by atoms with Gasteiger partial charge in [0.25, 0.3) is 5.89 Å². The minimum Gasteiger partial charge on any atom is -0.362 e. The Morgan fingerprint density at radius 3 is 3.14 bits per heavy atom. The van der Waals surface area contributed by atoms with Crippen molar-refractivity contribution >= 4 is 5.91 Å². The quantitative estimate of drug-likeness (QED) is 0.866. The molecule has 0 saturated carbocycles. The van der Waals surface area contributed by atoms with Gasteiger partial charge in [-0.1, -0.05) is 5.16 Å². The van der Waals surface area contributed by atoms with E-state index in [1.165, 1.54) is 0 Å². The molecule has 0 aliphatic carbocycles. The van der Waals surface area contributed by atoms with Crippen LogP contribution in [-0.4, -0.2) is 38.2 Å². The van der Waals surface area contributed by atoms with Crippen LogP contribution in [0.3, 0.4) is 0 Å². The van der Waals surface area contributed by atoms with Gasteiger partial charge in [0, 0.05) is 25.2 Å².